The SMILES string of the molecule is COc1cccc(CNC(=O)C2(N)CCC2)c1.Cl. The lowest BCUT2D eigenvalue weighted by molar-refractivity contribution is -0.129. The third kappa shape index (κ3) is 3.15. The Morgan fingerprint density at radius 2 is 2.22 bits per heavy atom. The maximum absolute atomic E-state index is 11.8. The lowest BCUT2D eigenvalue weighted by Gasteiger charge is -2.36. The molecule has 0 spiro atoms. The molecule has 0 unspecified atom stereocenters. The highest BCUT2D eigenvalue weighted by Gasteiger charge is 2.39. The molecule has 0 saturated heterocycles. The number of nitrogens with one attached hydrogen (secondary N) is 1. The first-order valence-electron chi connectivity index (χ1n) is 5.84. The van der Waals surface area contributed by atoms with Crippen molar-refractivity contribution in [2.45, 2.75) is 31.3 Å². The summed E-state index contributed by atoms with van der Waals surface area (Å²) in [6.07, 6.45) is 2.62. The van der Waals surface area contributed by atoms with Gasteiger partial charge >= 0.3 is 0 Å². The number of amides is 1. The fourth-order valence-electron chi connectivity index (χ4n) is 1.93. The van der Waals surface area contributed by atoms with Gasteiger partial charge in [0, 0.05) is 6.54 Å². The van der Waals surface area contributed by atoms with Crippen LogP contribution in [0.2, 0.25) is 0 Å². The van der Waals surface area contributed by atoms with E-state index in [1.54, 1.807) is 7.11 Å². The number of hydrogen-bond acceptors (Lipinski definition) is 3. The van der Waals surface area contributed by atoms with Gasteiger partial charge in [-0.3, -0.25) is 4.79 Å². The molecular weight excluding hydrogens is 252 g/mol. The van der Waals surface area contributed by atoms with Crippen molar-refractivity contribution in [1.82, 2.24) is 5.32 Å². The predicted molar refractivity (Wildman–Crippen MR) is 72.9 cm³/mol. The van der Waals surface area contributed by atoms with E-state index in [2.05, 4.69) is 5.32 Å². The number of rotatable bonds is 4. The van der Waals surface area contributed by atoms with E-state index < -0.39 is 5.54 Å². The minimum atomic E-state index is -0.626. The van der Waals surface area contributed by atoms with Gasteiger partial charge in [-0.25, -0.2) is 0 Å². The average Bonchev–Trinajstić information content (AvgIpc) is 2.33. The van der Waals surface area contributed by atoms with Crippen LogP contribution in [0.3, 0.4) is 0 Å². The topological polar surface area (TPSA) is 64.3 Å². The van der Waals surface area contributed by atoms with Gasteiger partial charge in [0.2, 0.25) is 5.91 Å². The summed E-state index contributed by atoms with van der Waals surface area (Å²) < 4.78 is 5.12. The van der Waals surface area contributed by atoms with E-state index in [4.69, 9.17) is 10.5 Å². The predicted octanol–water partition coefficient (Wildman–Crippen LogP) is 1.61. The number of methoxy groups -OCH3 is 1. The number of ether oxygens (including phenoxy) is 1. The van der Waals surface area contributed by atoms with Gasteiger partial charge in [-0.2, -0.15) is 0 Å². The average molecular weight is 271 g/mol. The molecule has 0 bridgehead atoms. The van der Waals surface area contributed by atoms with Crippen LogP contribution >= 0.6 is 12.4 Å². The number of benzene rings is 1. The van der Waals surface area contributed by atoms with Crippen LogP contribution in [0.5, 0.6) is 5.75 Å². The standard InChI is InChI=1S/C13H18N2O2.ClH/c1-17-11-5-2-4-10(8-11)9-15-12(16)13(14)6-3-7-13;/h2,4-5,8H,3,6-7,9,14H2,1H3,(H,15,16);1H. The van der Waals surface area contributed by atoms with Gasteiger partial charge in [0.05, 0.1) is 12.6 Å². The first kappa shape index (κ1) is 14.8. The van der Waals surface area contributed by atoms with Gasteiger partial charge in [-0.05, 0) is 37.0 Å². The minimum Gasteiger partial charge on any atom is -0.497 e. The van der Waals surface area contributed by atoms with Crippen molar-refractivity contribution in [3.05, 3.63) is 29.8 Å². The van der Waals surface area contributed by atoms with Gasteiger partial charge in [-0.1, -0.05) is 12.1 Å². The van der Waals surface area contributed by atoms with Gasteiger partial charge < -0.3 is 15.8 Å². The number of carbonyl (C=O) groups is 1. The molecule has 0 radical (unpaired) electrons. The second-order valence-corrected chi connectivity index (χ2v) is 4.54. The molecule has 0 heterocycles. The number of carbonyl (C=O) groups excluding carboxylic acids is 1. The van der Waals surface area contributed by atoms with Gasteiger partial charge in [0.15, 0.2) is 0 Å². The molecule has 0 aromatic heterocycles. The van der Waals surface area contributed by atoms with Crippen LogP contribution in [0.1, 0.15) is 24.8 Å². The van der Waals surface area contributed by atoms with Crippen molar-refractivity contribution in [3.63, 3.8) is 0 Å². The van der Waals surface area contributed by atoms with Crippen molar-refractivity contribution >= 4 is 18.3 Å². The summed E-state index contributed by atoms with van der Waals surface area (Å²) in [5.41, 5.74) is 6.32. The summed E-state index contributed by atoms with van der Waals surface area (Å²) in [6, 6.07) is 7.64. The Morgan fingerprint density at radius 3 is 2.78 bits per heavy atom. The van der Waals surface area contributed by atoms with Crippen LogP contribution in [0.15, 0.2) is 24.3 Å². The van der Waals surface area contributed by atoms with E-state index in [0.29, 0.717) is 6.54 Å². The van der Waals surface area contributed by atoms with Crippen molar-refractivity contribution in [2.24, 2.45) is 5.73 Å². The second-order valence-electron chi connectivity index (χ2n) is 4.54. The Balaban J connectivity index is 0.00000162. The summed E-state index contributed by atoms with van der Waals surface area (Å²) >= 11 is 0. The maximum Gasteiger partial charge on any atom is 0.240 e. The van der Waals surface area contributed by atoms with E-state index in [9.17, 15) is 4.79 Å². The number of hydrogen-bond donors (Lipinski definition) is 2. The highest BCUT2D eigenvalue weighted by molar-refractivity contribution is 5.87. The Morgan fingerprint density at radius 1 is 1.50 bits per heavy atom. The van der Waals surface area contributed by atoms with Gasteiger partial charge in [-0.15, -0.1) is 12.4 Å². The molecule has 1 saturated carbocycles. The smallest absolute Gasteiger partial charge is 0.240 e. The van der Waals surface area contributed by atoms with Crippen molar-refractivity contribution in [3.8, 4) is 5.75 Å². The van der Waals surface area contributed by atoms with E-state index in [1.807, 2.05) is 24.3 Å². The lowest BCUT2D eigenvalue weighted by atomic mass is 9.77. The molecule has 0 atom stereocenters. The Kier molecular flexibility index (Phi) is 4.99. The summed E-state index contributed by atoms with van der Waals surface area (Å²) in [5, 5.41) is 2.87. The summed E-state index contributed by atoms with van der Waals surface area (Å²) in [4.78, 5) is 11.8. The molecule has 1 fully saturated rings. The van der Waals surface area contributed by atoms with E-state index in [1.165, 1.54) is 0 Å². The number of nitrogens with two attached hydrogens (primary N) is 1. The molecule has 4 nitrogen and oxygen atoms in total. The molecule has 3 N–H and O–H groups in total. The molecule has 1 amide bonds. The maximum atomic E-state index is 11.8. The zero-order valence-electron chi connectivity index (χ0n) is 10.4. The van der Waals surface area contributed by atoms with Crippen LogP contribution in [0, 0.1) is 0 Å². The Labute approximate surface area is 113 Å². The van der Waals surface area contributed by atoms with E-state index >= 15 is 0 Å². The van der Waals surface area contributed by atoms with Crippen molar-refractivity contribution in [2.75, 3.05) is 7.11 Å². The van der Waals surface area contributed by atoms with E-state index in [-0.39, 0.29) is 18.3 Å². The minimum absolute atomic E-state index is 0. The van der Waals surface area contributed by atoms with Crippen molar-refractivity contribution in [1.29, 1.82) is 0 Å². The zero-order valence-corrected chi connectivity index (χ0v) is 11.3. The van der Waals surface area contributed by atoms with Crippen LogP contribution in [-0.4, -0.2) is 18.6 Å². The third-order valence-corrected chi connectivity index (χ3v) is 3.29. The summed E-state index contributed by atoms with van der Waals surface area (Å²) in [6.45, 7) is 0.495. The Bertz CT molecular complexity index is 419. The zero-order chi connectivity index (χ0) is 12.3. The molecule has 1 aliphatic carbocycles. The van der Waals surface area contributed by atoms with Crippen LogP contribution in [-0.2, 0) is 11.3 Å². The van der Waals surface area contributed by atoms with E-state index in [0.717, 1.165) is 30.6 Å². The fraction of sp³-hybridized carbons (Fsp3) is 0.462. The Hall–Kier alpha value is -1.26. The molecule has 1 aromatic rings. The van der Waals surface area contributed by atoms with Crippen LogP contribution in [0.4, 0.5) is 0 Å². The molecule has 2 rings (SSSR count). The lowest BCUT2D eigenvalue weighted by Crippen LogP contribution is -2.58. The van der Waals surface area contributed by atoms with Crippen LogP contribution < -0.4 is 15.8 Å². The quantitative estimate of drug-likeness (QED) is 0.874. The first-order chi connectivity index (χ1) is 8.14. The normalized spacial score (nSPS) is 16.1. The molecule has 1 aliphatic rings. The van der Waals surface area contributed by atoms with Crippen molar-refractivity contribution < 1.29 is 9.53 Å². The summed E-state index contributed by atoms with van der Waals surface area (Å²) in [7, 11) is 1.63. The third-order valence-electron chi connectivity index (χ3n) is 3.29. The summed E-state index contributed by atoms with van der Waals surface area (Å²) in [5.74, 6) is 0.745. The monoisotopic (exact) mass is 270 g/mol. The molecule has 1 aromatic carbocycles. The van der Waals surface area contributed by atoms with Gasteiger partial charge in [0.1, 0.15) is 5.75 Å². The largest absolute Gasteiger partial charge is 0.497 e. The number of halogens is 1. The first-order valence-corrected chi connectivity index (χ1v) is 5.84. The molecule has 0 aliphatic heterocycles. The molecule has 5 heteroatoms. The fourth-order valence-corrected chi connectivity index (χ4v) is 1.93. The molecular formula is C13H19ClN2O2. The highest BCUT2D eigenvalue weighted by atomic mass is 35.5. The van der Waals surface area contributed by atoms with Crippen LogP contribution in [0.25, 0.3) is 0 Å². The highest BCUT2D eigenvalue weighted by Crippen LogP contribution is 2.29. The molecule has 18 heavy (non-hydrogen) atoms. The molecule has 100 valence electrons. The second kappa shape index (κ2) is 6.07. The van der Waals surface area contributed by atoms with Gasteiger partial charge in [0.25, 0.3) is 0 Å².